The van der Waals surface area contributed by atoms with Gasteiger partial charge in [0.05, 0.1) is 17.4 Å². The number of aromatic hydroxyl groups is 1. The quantitative estimate of drug-likeness (QED) is 0.511. The van der Waals surface area contributed by atoms with Gasteiger partial charge >= 0.3 is 5.97 Å². The molecule has 0 spiro atoms. The van der Waals surface area contributed by atoms with Crippen molar-refractivity contribution in [2.24, 2.45) is 0 Å². The first-order valence-corrected chi connectivity index (χ1v) is 5.13. The lowest BCUT2D eigenvalue weighted by Gasteiger charge is -2.07. The van der Waals surface area contributed by atoms with Crippen molar-refractivity contribution in [3.8, 4) is 5.75 Å². The number of non-ortho nitro benzene ring substituents is 1. The number of methoxy groups -OCH3 is 1. The smallest absolute Gasteiger partial charge is 0.341 e. The number of fused-ring (bicyclic) bond motifs is 1. The van der Waals surface area contributed by atoms with Crippen molar-refractivity contribution in [2.75, 3.05) is 7.11 Å². The molecule has 98 valence electrons. The first-order valence-electron chi connectivity index (χ1n) is 5.13. The van der Waals surface area contributed by atoms with Crippen LogP contribution in [0.2, 0.25) is 0 Å². The Labute approximate surface area is 106 Å². The summed E-state index contributed by atoms with van der Waals surface area (Å²) in [5.41, 5.74) is -0.791. The molecule has 0 bridgehead atoms. The maximum atomic E-state index is 13.2. The summed E-state index contributed by atoms with van der Waals surface area (Å²) in [4.78, 5) is 21.7. The fraction of sp³-hybridized carbons (Fsp3) is 0.0833. The second-order valence-corrected chi connectivity index (χ2v) is 3.73. The molecule has 0 aliphatic heterocycles. The number of carbonyl (C=O) groups is 1. The highest BCUT2D eigenvalue weighted by Gasteiger charge is 2.23. The van der Waals surface area contributed by atoms with Crippen molar-refractivity contribution >= 4 is 22.4 Å². The summed E-state index contributed by atoms with van der Waals surface area (Å²) in [6, 6.07) is 4.03. The van der Waals surface area contributed by atoms with Crippen LogP contribution in [-0.4, -0.2) is 23.1 Å². The second kappa shape index (κ2) is 4.52. The van der Waals surface area contributed by atoms with E-state index in [1.165, 1.54) is 6.07 Å². The van der Waals surface area contributed by atoms with Crippen LogP contribution in [-0.2, 0) is 4.74 Å². The van der Waals surface area contributed by atoms with E-state index in [2.05, 4.69) is 4.74 Å². The summed E-state index contributed by atoms with van der Waals surface area (Å²) in [7, 11) is 1.07. The van der Waals surface area contributed by atoms with Crippen LogP contribution in [0.3, 0.4) is 0 Å². The fourth-order valence-electron chi connectivity index (χ4n) is 1.78. The van der Waals surface area contributed by atoms with Gasteiger partial charge in [0.15, 0.2) is 0 Å². The maximum absolute atomic E-state index is 13.2. The number of halogens is 1. The zero-order chi connectivity index (χ0) is 14.2. The van der Waals surface area contributed by atoms with Gasteiger partial charge in [0.2, 0.25) is 0 Å². The molecule has 0 aliphatic carbocycles. The number of nitro benzene ring substituents is 1. The molecule has 7 heteroatoms. The summed E-state index contributed by atoms with van der Waals surface area (Å²) in [6.45, 7) is 0. The Morgan fingerprint density at radius 3 is 2.63 bits per heavy atom. The summed E-state index contributed by atoms with van der Waals surface area (Å²) >= 11 is 0. The number of carbonyl (C=O) groups excluding carboxylic acids is 1. The minimum absolute atomic E-state index is 0.0385. The summed E-state index contributed by atoms with van der Waals surface area (Å²) in [5, 5.41) is 20.8. The first-order chi connectivity index (χ1) is 8.95. The summed E-state index contributed by atoms with van der Waals surface area (Å²) in [6.07, 6.45) is 0. The van der Waals surface area contributed by atoms with Gasteiger partial charge in [-0.2, -0.15) is 0 Å². The van der Waals surface area contributed by atoms with Crippen molar-refractivity contribution in [2.45, 2.75) is 0 Å². The van der Waals surface area contributed by atoms with E-state index in [4.69, 9.17) is 0 Å². The lowest BCUT2D eigenvalue weighted by atomic mass is 10.0. The van der Waals surface area contributed by atoms with Crippen LogP contribution in [0.25, 0.3) is 10.8 Å². The molecular formula is C12H8FNO5. The minimum atomic E-state index is -0.938. The van der Waals surface area contributed by atoms with Crippen LogP contribution >= 0.6 is 0 Å². The van der Waals surface area contributed by atoms with E-state index >= 15 is 0 Å². The average molecular weight is 265 g/mol. The van der Waals surface area contributed by atoms with Crippen LogP contribution in [0.15, 0.2) is 24.3 Å². The molecule has 0 amide bonds. The third kappa shape index (κ3) is 2.05. The first kappa shape index (κ1) is 12.7. The predicted molar refractivity (Wildman–Crippen MR) is 63.6 cm³/mol. The number of nitro groups is 1. The van der Waals surface area contributed by atoms with Crippen LogP contribution in [0, 0.1) is 15.9 Å². The van der Waals surface area contributed by atoms with Gasteiger partial charge in [0.1, 0.15) is 17.1 Å². The van der Waals surface area contributed by atoms with Gasteiger partial charge in [0, 0.05) is 11.5 Å². The number of ether oxygens (including phenoxy) is 1. The van der Waals surface area contributed by atoms with Crippen LogP contribution in [0.1, 0.15) is 10.4 Å². The normalized spacial score (nSPS) is 10.4. The van der Waals surface area contributed by atoms with Gasteiger partial charge in [-0.25, -0.2) is 9.18 Å². The zero-order valence-electron chi connectivity index (χ0n) is 9.71. The molecule has 0 atom stereocenters. The number of phenolic OH excluding ortho intramolecular Hbond substituents is 1. The van der Waals surface area contributed by atoms with Gasteiger partial charge in [-0.1, -0.05) is 0 Å². The standard InChI is InChI=1S/C12H8FNO5/c1-19-12(16)9-5-10(14(17)18)7-3-2-6(13)4-8(7)11(9)15/h2-5,15H,1H3. The summed E-state index contributed by atoms with van der Waals surface area (Å²) < 4.78 is 17.6. The second-order valence-electron chi connectivity index (χ2n) is 3.73. The van der Waals surface area contributed by atoms with Gasteiger partial charge in [0.25, 0.3) is 5.69 Å². The van der Waals surface area contributed by atoms with E-state index < -0.39 is 28.1 Å². The van der Waals surface area contributed by atoms with Crippen LogP contribution < -0.4 is 0 Å². The van der Waals surface area contributed by atoms with E-state index in [0.29, 0.717) is 0 Å². The predicted octanol–water partition coefficient (Wildman–Crippen LogP) is 2.38. The van der Waals surface area contributed by atoms with Crippen molar-refractivity contribution in [1.82, 2.24) is 0 Å². The summed E-state index contributed by atoms with van der Waals surface area (Å²) in [5.74, 6) is -2.17. The van der Waals surface area contributed by atoms with Crippen LogP contribution in [0.5, 0.6) is 5.75 Å². The van der Waals surface area contributed by atoms with E-state index in [0.717, 1.165) is 25.3 Å². The average Bonchev–Trinajstić information content (AvgIpc) is 2.38. The Kier molecular flexibility index (Phi) is 3.04. The lowest BCUT2D eigenvalue weighted by Crippen LogP contribution is -2.03. The van der Waals surface area contributed by atoms with Gasteiger partial charge in [-0.3, -0.25) is 10.1 Å². The molecule has 0 aliphatic rings. The maximum Gasteiger partial charge on any atom is 0.341 e. The van der Waals surface area contributed by atoms with E-state index in [1.54, 1.807) is 0 Å². The number of esters is 1. The molecule has 0 fully saturated rings. The highest BCUT2D eigenvalue weighted by molar-refractivity contribution is 6.05. The molecule has 2 aromatic carbocycles. The molecule has 19 heavy (non-hydrogen) atoms. The van der Waals surface area contributed by atoms with Crippen molar-refractivity contribution < 1.29 is 24.0 Å². The SMILES string of the molecule is COC(=O)c1cc([N+](=O)[O-])c2ccc(F)cc2c1O. The number of nitrogens with zero attached hydrogens (tertiary/aromatic N) is 1. The number of benzene rings is 2. The molecule has 2 aromatic rings. The number of phenols is 1. The lowest BCUT2D eigenvalue weighted by molar-refractivity contribution is -0.383. The molecule has 0 radical (unpaired) electrons. The monoisotopic (exact) mass is 265 g/mol. The molecule has 0 unspecified atom stereocenters. The molecule has 0 saturated carbocycles. The molecular weight excluding hydrogens is 257 g/mol. The highest BCUT2D eigenvalue weighted by atomic mass is 19.1. The molecule has 0 saturated heterocycles. The topological polar surface area (TPSA) is 89.7 Å². The van der Waals surface area contributed by atoms with Gasteiger partial charge < -0.3 is 9.84 Å². The number of hydrogen-bond acceptors (Lipinski definition) is 5. The molecule has 0 aromatic heterocycles. The third-order valence-electron chi connectivity index (χ3n) is 2.65. The Balaban J connectivity index is 2.90. The molecule has 0 heterocycles. The van der Waals surface area contributed by atoms with Crippen LogP contribution in [0.4, 0.5) is 10.1 Å². The Morgan fingerprint density at radius 2 is 2.05 bits per heavy atom. The molecule has 6 nitrogen and oxygen atoms in total. The number of hydrogen-bond donors (Lipinski definition) is 1. The van der Waals surface area contributed by atoms with Crippen molar-refractivity contribution in [1.29, 1.82) is 0 Å². The Morgan fingerprint density at radius 1 is 1.37 bits per heavy atom. The Hall–Kier alpha value is -2.70. The van der Waals surface area contributed by atoms with Crippen molar-refractivity contribution in [3.05, 3.63) is 45.8 Å². The third-order valence-corrected chi connectivity index (χ3v) is 2.65. The van der Waals surface area contributed by atoms with Gasteiger partial charge in [-0.05, 0) is 18.2 Å². The molecule has 1 N–H and O–H groups in total. The highest BCUT2D eigenvalue weighted by Crippen LogP contribution is 2.36. The molecule has 2 rings (SSSR count). The largest absolute Gasteiger partial charge is 0.506 e. The van der Waals surface area contributed by atoms with E-state index in [9.17, 15) is 24.4 Å². The van der Waals surface area contributed by atoms with Gasteiger partial charge in [-0.15, -0.1) is 0 Å². The zero-order valence-corrected chi connectivity index (χ0v) is 9.71. The fourth-order valence-corrected chi connectivity index (χ4v) is 1.78. The number of rotatable bonds is 2. The van der Waals surface area contributed by atoms with Crippen molar-refractivity contribution in [3.63, 3.8) is 0 Å². The van der Waals surface area contributed by atoms with E-state index in [-0.39, 0.29) is 16.3 Å². The minimum Gasteiger partial charge on any atom is -0.506 e. The van der Waals surface area contributed by atoms with E-state index in [1.807, 2.05) is 0 Å². The Bertz CT molecular complexity index is 698.